The molecule has 172 valence electrons. The molecule has 0 unspecified atom stereocenters. The summed E-state index contributed by atoms with van der Waals surface area (Å²) in [4.78, 5) is 26.9. The molecule has 9 nitrogen and oxygen atoms in total. The summed E-state index contributed by atoms with van der Waals surface area (Å²) in [7, 11) is 0. The number of nitrogen functional groups attached to an aromatic ring is 1. The molecule has 1 saturated heterocycles. The van der Waals surface area contributed by atoms with Gasteiger partial charge in [0.2, 0.25) is 5.95 Å². The van der Waals surface area contributed by atoms with Crippen LogP contribution < -0.4 is 5.73 Å². The molecule has 0 aromatic carbocycles. The maximum absolute atomic E-state index is 12.4. The zero-order chi connectivity index (χ0) is 24.0. The Morgan fingerprint density at radius 2 is 1.97 bits per heavy atom. The number of nitrogens with zero attached hydrogens (tertiary/aromatic N) is 5. The van der Waals surface area contributed by atoms with Crippen LogP contribution >= 0.6 is 0 Å². The number of rotatable bonds is 2. The molecule has 1 fully saturated rings. The smallest absolute Gasteiger partial charge is 0.410 e. The second kappa shape index (κ2) is 8.05. The van der Waals surface area contributed by atoms with E-state index in [1.165, 1.54) is 0 Å². The van der Waals surface area contributed by atoms with Crippen molar-refractivity contribution in [3.8, 4) is 23.1 Å². The van der Waals surface area contributed by atoms with Gasteiger partial charge in [-0.25, -0.2) is 19.7 Å². The van der Waals surface area contributed by atoms with Crippen LogP contribution in [0, 0.1) is 11.8 Å². The standard InChI is InChI=1S/C24H28N6O3/c1-23(2,3)33-22(31)29-12-16(13-29)30-14-18(19-7-9-26-21(25)28-19)17-10-15(27-11-20(17)30)6-8-24(4,5)32/h7,9-11,14,16,32H,12-13H2,1-5H3,(H2,25,26,28). The molecule has 9 heteroatoms. The molecule has 33 heavy (non-hydrogen) atoms. The van der Waals surface area contributed by atoms with Crippen molar-refractivity contribution in [1.82, 2.24) is 24.4 Å². The predicted octanol–water partition coefficient (Wildman–Crippen LogP) is 2.99. The molecule has 0 bridgehead atoms. The molecule has 3 N–H and O–H groups in total. The van der Waals surface area contributed by atoms with Gasteiger partial charge in [0.25, 0.3) is 0 Å². The number of hydrogen-bond acceptors (Lipinski definition) is 7. The van der Waals surface area contributed by atoms with E-state index in [0.717, 1.165) is 16.5 Å². The van der Waals surface area contributed by atoms with Crippen LogP contribution in [-0.2, 0) is 4.74 Å². The Kier molecular flexibility index (Phi) is 5.50. The second-order valence-electron chi connectivity index (χ2n) is 9.68. The molecule has 0 spiro atoms. The SMILES string of the molecule is CC(C)(O)C#Cc1cc2c(-c3ccnc(N)n3)cn(C3CN(C(=O)OC(C)(C)C)C3)c2cn1. The van der Waals surface area contributed by atoms with Crippen LogP contribution in [0.2, 0.25) is 0 Å². The summed E-state index contributed by atoms with van der Waals surface area (Å²) in [5.74, 6) is 5.91. The van der Waals surface area contributed by atoms with Gasteiger partial charge in [0.15, 0.2) is 0 Å². The Balaban J connectivity index is 1.71. The summed E-state index contributed by atoms with van der Waals surface area (Å²) in [6, 6.07) is 3.75. The summed E-state index contributed by atoms with van der Waals surface area (Å²) in [6.07, 6.45) is 5.05. The molecule has 1 aliphatic rings. The van der Waals surface area contributed by atoms with E-state index in [9.17, 15) is 9.90 Å². The number of carbonyl (C=O) groups excluding carboxylic acids is 1. The zero-order valence-corrected chi connectivity index (χ0v) is 19.5. The van der Waals surface area contributed by atoms with Gasteiger partial charge < -0.3 is 25.0 Å². The van der Waals surface area contributed by atoms with E-state index in [-0.39, 0.29) is 18.1 Å². The van der Waals surface area contributed by atoms with Gasteiger partial charge in [0, 0.05) is 36.4 Å². The van der Waals surface area contributed by atoms with E-state index in [1.54, 1.807) is 37.2 Å². The Bertz CT molecular complexity index is 1270. The van der Waals surface area contributed by atoms with Crippen molar-refractivity contribution in [2.75, 3.05) is 18.8 Å². The molecule has 3 aromatic heterocycles. The van der Waals surface area contributed by atoms with Crippen LogP contribution in [0.15, 0.2) is 30.7 Å². The minimum absolute atomic E-state index is 0.0723. The Morgan fingerprint density at radius 1 is 1.24 bits per heavy atom. The number of amides is 1. The summed E-state index contributed by atoms with van der Waals surface area (Å²) in [6.45, 7) is 9.87. The van der Waals surface area contributed by atoms with E-state index in [4.69, 9.17) is 10.5 Å². The van der Waals surface area contributed by atoms with E-state index in [0.29, 0.717) is 24.5 Å². The molecule has 4 rings (SSSR count). The summed E-state index contributed by atoms with van der Waals surface area (Å²) in [5.41, 5.74) is 7.14. The van der Waals surface area contributed by atoms with Crippen LogP contribution in [0.4, 0.5) is 10.7 Å². The number of aliphatic hydroxyl groups is 1. The van der Waals surface area contributed by atoms with Crippen LogP contribution in [0.5, 0.6) is 0 Å². The first-order valence-corrected chi connectivity index (χ1v) is 10.7. The summed E-state index contributed by atoms with van der Waals surface area (Å²) < 4.78 is 7.57. The van der Waals surface area contributed by atoms with Gasteiger partial charge >= 0.3 is 6.09 Å². The van der Waals surface area contributed by atoms with Gasteiger partial charge in [0.05, 0.1) is 23.4 Å². The van der Waals surface area contributed by atoms with E-state index >= 15 is 0 Å². The van der Waals surface area contributed by atoms with Crippen LogP contribution in [0.25, 0.3) is 22.2 Å². The highest BCUT2D eigenvalue weighted by atomic mass is 16.6. The van der Waals surface area contributed by atoms with Gasteiger partial charge in [-0.05, 0) is 52.7 Å². The van der Waals surface area contributed by atoms with Crippen molar-refractivity contribution in [3.05, 3.63) is 36.4 Å². The van der Waals surface area contributed by atoms with Crippen LogP contribution in [-0.4, -0.2) is 59.9 Å². The number of hydrogen-bond donors (Lipinski definition) is 2. The van der Waals surface area contributed by atoms with Crippen molar-refractivity contribution < 1.29 is 14.6 Å². The first-order chi connectivity index (χ1) is 15.4. The number of ether oxygens (including phenoxy) is 1. The number of likely N-dealkylation sites (tertiary alicyclic amines) is 1. The molecule has 4 heterocycles. The van der Waals surface area contributed by atoms with Crippen LogP contribution in [0.3, 0.4) is 0 Å². The van der Waals surface area contributed by atoms with Gasteiger partial charge in [-0.1, -0.05) is 5.92 Å². The number of fused-ring (bicyclic) bond motifs is 1. The molecule has 1 aliphatic heterocycles. The predicted molar refractivity (Wildman–Crippen MR) is 125 cm³/mol. The van der Waals surface area contributed by atoms with Gasteiger partial charge in [-0.15, -0.1) is 0 Å². The maximum atomic E-state index is 12.4. The molecule has 0 radical (unpaired) electrons. The maximum Gasteiger partial charge on any atom is 0.410 e. The van der Waals surface area contributed by atoms with Crippen molar-refractivity contribution in [1.29, 1.82) is 0 Å². The van der Waals surface area contributed by atoms with Gasteiger partial charge in [-0.2, -0.15) is 0 Å². The van der Waals surface area contributed by atoms with E-state index in [1.807, 2.05) is 33.0 Å². The number of carbonyl (C=O) groups is 1. The third kappa shape index (κ3) is 5.07. The lowest BCUT2D eigenvalue weighted by molar-refractivity contribution is 0.00158. The Labute approximate surface area is 192 Å². The molecular weight excluding hydrogens is 420 g/mol. The minimum Gasteiger partial charge on any atom is -0.444 e. The fourth-order valence-corrected chi connectivity index (χ4v) is 3.57. The Hall–Kier alpha value is -3.64. The van der Waals surface area contributed by atoms with Crippen molar-refractivity contribution in [2.24, 2.45) is 0 Å². The van der Waals surface area contributed by atoms with Gasteiger partial charge in [0.1, 0.15) is 16.9 Å². The van der Waals surface area contributed by atoms with Gasteiger partial charge in [-0.3, -0.25) is 0 Å². The van der Waals surface area contributed by atoms with Crippen LogP contribution in [0.1, 0.15) is 46.4 Å². The lowest BCUT2D eigenvalue weighted by Gasteiger charge is -2.40. The zero-order valence-electron chi connectivity index (χ0n) is 19.5. The lowest BCUT2D eigenvalue weighted by atomic mass is 10.1. The molecule has 0 saturated carbocycles. The van der Waals surface area contributed by atoms with Crippen molar-refractivity contribution in [2.45, 2.75) is 51.9 Å². The normalized spacial score (nSPS) is 14.5. The molecule has 1 amide bonds. The topological polar surface area (TPSA) is 119 Å². The second-order valence-corrected chi connectivity index (χ2v) is 9.68. The largest absolute Gasteiger partial charge is 0.444 e. The highest BCUT2D eigenvalue weighted by molar-refractivity contribution is 5.95. The fraction of sp³-hybridized carbons (Fsp3) is 0.417. The number of pyridine rings is 1. The van der Waals surface area contributed by atoms with E-state index in [2.05, 4.69) is 31.4 Å². The fourth-order valence-electron chi connectivity index (χ4n) is 3.57. The third-order valence-corrected chi connectivity index (χ3v) is 5.07. The average molecular weight is 449 g/mol. The number of aromatic nitrogens is 4. The average Bonchev–Trinajstić information content (AvgIpc) is 3.02. The Morgan fingerprint density at radius 3 is 2.61 bits per heavy atom. The first-order valence-electron chi connectivity index (χ1n) is 10.7. The van der Waals surface area contributed by atoms with Crippen molar-refractivity contribution >= 4 is 22.9 Å². The highest BCUT2D eigenvalue weighted by Gasteiger charge is 2.35. The molecule has 0 aliphatic carbocycles. The van der Waals surface area contributed by atoms with E-state index < -0.39 is 11.2 Å². The number of anilines is 1. The molecular formula is C24H28N6O3. The monoisotopic (exact) mass is 448 g/mol. The lowest BCUT2D eigenvalue weighted by Crippen LogP contribution is -2.52. The summed E-state index contributed by atoms with van der Waals surface area (Å²) in [5, 5.41) is 10.8. The highest BCUT2D eigenvalue weighted by Crippen LogP contribution is 2.35. The first kappa shape index (κ1) is 22.6. The number of nitrogens with two attached hydrogens (primary N) is 1. The quantitative estimate of drug-likeness (QED) is 0.578. The van der Waals surface area contributed by atoms with Crippen molar-refractivity contribution in [3.63, 3.8) is 0 Å². The third-order valence-electron chi connectivity index (χ3n) is 5.07. The molecule has 3 aromatic rings. The molecule has 0 atom stereocenters. The minimum atomic E-state index is -1.12. The summed E-state index contributed by atoms with van der Waals surface area (Å²) >= 11 is 0.